The van der Waals surface area contributed by atoms with Gasteiger partial charge in [-0.3, -0.25) is 9.78 Å². The van der Waals surface area contributed by atoms with Gasteiger partial charge in [0.1, 0.15) is 0 Å². The lowest BCUT2D eigenvalue weighted by Crippen LogP contribution is -2.40. The highest BCUT2D eigenvalue weighted by molar-refractivity contribution is 5.82. The Morgan fingerprint density at radius 2 is 2.50 bits per heavy atom. The van der Waals surface area contributed by atoms with Crippen LogP contribution in [0.4, 0.5) is 0 Å². The zero-order valence-corrected chi connectivity index (χ0v) is 10.8. The van der Waals surface area contributed by atoms with Gasteiger partial charge in [0.15, 0.2) is 0 Å². The minimum Gasteiger partial charge on any atom is -0.380 e. The van der Waals surface area contributed by atoms with Gasteiger partial charge in [-0.05, 0) is 30.5 Å². The van der Waals surface area contributed by atoms with Gasteiger partial charge in [0, 0.05) is 32.6 Å². The summed E-state index contributed by atoms with van der Waals surface area (Å²) in [5, 5.41) is 6.10. The predicted molar refractivity (Wildman–Crippen MR) is 68.0 cm³/mol. The van der Waals surface area contributed by atoms with Gasteiger partial charge >= 0.3 is 0 Å². The predicted octanol–water partition coefficient (Wildman–Crippen LogP) is 0.383. The number of nitrogens with one attached hydrogen (secondary N) is 2. The second-order valence-electron chi connectivity index (χ2n) is 4.57. The van der Waals surface area contributed by atoms with E-state index in [1.54, 1.807) is 19.5 Å². The lowest BCUT2D eigenvalue weighted by atomic mass is 10.1. The molecule has 2 rings (SSSR count). The van der Waals surface area contributed by atoms with Gasteiger partial charge in [0.2, 0.25) is 5.91 Å². The zero-order valence-electron chi connectivity index (χ0n) is 10.8. The van der Waals surface area contributed by atoms with Gasteiger partial charge in [-0.25, -0.2) is 0 Å². The van der Waals surface area contributed by atoms with Crippen LogP contribution in [0.15, 0.2) is 18.5 Å². The molecule has 1 aliphatic rings. The number of amides is 1. The number of hydrogen-bond donors (Lipinski definition) is 2. The van der Waals surface area contributed by atoms with E-state index in [1.165, 1.54) is 0 Å². The Bertz CT molecular complexity index is 422. The van der Waals surface area contributed by atoms with Crippen LogP contribution >= 0.6 is 0 Å². The molecule has 0 saturated carbocycles. The molecule has 1 fully saturated rings. The van der Waals surface area contributed by atoms with Crippen LogP contribution < -0.4 is 10.6 Å². The maximum atomic E-state index is 11.9. The number of methoxy groups -OCH3 is 1. The molecule has 0 spiro atoms. The van der Waals surface area contributed by atoms with E-state index in [9.17, 15) is 4.79 Å². The first-order valence-electron chi connectivity index (χ1n) is 6.14. The summed E-state index contributed by atoms with van der Waals surface area (Å²) in [6, 6.07) is 1.78. The van der Waals surface area contributed by atoms with E-state index >= 15 is 0 Å². The lowest BCUT2D eigenvalue weighted by molar-refractivity contribution is -0.123. The Hall–Kier alpha value is -1.46. The molecular weight excluding hydrogens is 230 g/mol. The van der Waals surface area contributed by atoms with Crippen molar-refractivity contribution in [2.24, 2.45) is 0 Å². The highest BCUT2D eigenvalue weighted by Crippen LogP contribution is 2.10. The topological polar surface area (TPSA) is 63.2 Å². The van der Waals surface area contributed by atoms with E-state index in [0.29, 0.717) is 6.54 Å². The first-order chi connectivity index (χ1) is 8.70. The second kappa shape index (κ2) is 5.93. The van der Waals surface area contributed by atoms with Crippen molar-refractivity contribution in [3.05, 3.63) is 29.6 Å². The molecule has 2 heterocycles. The van der Waals surface area contributed by atoms with Crippen molar-refractivity contribution in [1.82, 2.24) is 15.6 Å². The van der Waals surface area contributed by atoms with Crippen LogP contribution in [0.3, 0.4) is 0 Å². The van der Waals surface area contributed by atoms with E-state index in [1.807, 2.05) is 13.0 Å². The largest absolute Gasteiger partial charge is 0.380 e. The average molecular weight is 249 g/mol. The lowest BCUT2D eigenvalue weighted by Gasteiger charge is -2.12. The molecule has 2 atom stereocenters. The monoisotopic (exact) mass is 249 g/mol. The molecule has 0 radical (unpaired) electrons. The number of hydrogen-bond acceptors (Lipinski definition) is 4. The molecule has 0 bridgehead atoms. The standard InChI is InChI=1S/C13H19N3O2/c1-9-6-14-4-3-10(9)7-16-13(17)12-5-11(18-2)8-15-12/h3-4,6,11-12,15H,5,7-8H2,1-2H3,(H,16,17). The molecule has 2 unspecified atom stereocenters. The summed E-state index contributed by atoms with van der Waals surface area (Å²) in [6.07, 6.45) is 4.42. The third-order valence-electron chi connectivity index (χ3n) is 3.33. The number of aromatic nitrogens is 1. The van der Waals surface area contributed by atoms with Crippen molar-refractivity contribution < 1.29 is 9.53 Å². The fraction of sp³-hybridized carbons (Fsp3) is 0.538. The summed E-state index contributed by atoms with van der Waals surface area (Å²) >= 11 is 0. The van der Waals surface area contributed by atoms with Crippen LogP contribution in [0.25, 0.3) is 0 Å². The molecular formula is C13H19N3O2. The molecule has 1 aromatic rings. The molecule has 0 aromatic carbocycles. The van der Waals surface area contributed by atoms with Gasteiger partial charge in [0.25, 0.3) is 0 Å². The smallest absolute Gasteiger partial charge is 0.237 e. The van der Waals surface area contributed by atoms with Crippen molar-refractivity contribution in [3.8, 4) is 0 Å². The van der Waals surface area contributed by atoms with E-state index < -0.39 is 0 Å². The summed E-state index contributed by atoms with van der Waals surface area (Å²) in [4.78, 5) is 16.0. The minimum atomic E-state index is -0.142. The summed E-state index contributed by atoms with van der Waals surface area (Å²) in [5.74, 6) is 0.0331. The zero-order chi connectivity index (χ0) is 13.0. The number of pyridine rings is 1. The van der Waals surface area contributed by atoms with Crippen LogP contribution in [0.5, 0.6) is 0 Å². The maximum absolute atomic E-state index is 11.9. The Morgan fingerprint density at radius 3 is 3.17 bits per heavy atom. The number of carbonyl (C=O) groups is 1. The van der Waals surface area contributed by atoms with Crippen LogP contribution in [-0.4, -0.2) is 36.7 Å². The second-order valence-corrected chi connectivity index (χ2v) is 4.57. The molecule has 98 valence electrons. The van der Waals surface area contributed by atoms with E-state index in [-0.39, 0.29) is 18.1 Å². The van der Waals surface area contributed by atoms with Gasteiger partial charge < -0.3 is 15.4 Å². The van der Waals surface area contributed by atoms with Crippen molar-refractivity contribution in [2.75, 3.05) is 13.7 Å². The molecule has 0 aliphatic carbocycles. The van der Waals surface area contributed by atoms with Gasteiger partial charge in [0.05, 0.1) is 12.1 Å². The summed E-state index contributed by atoms with van der Waals surface area (Å²) < 4.78 is 5.22. The van der Waals surface area contributed by atoms with Crippen molar-refractivity contribution in [1.29, 1.82) is 0 Å². The highest BCUT2D eigenvalue weighted by Gasteiger charge is 2.28. The average Bonchev–Trinajstić information content (AvgIpc) is 2.86. The molecule has 2 N–H and O–H groups in total. The summed E-state index contributed by atoms with van der Waals surface area (Å²) in [6.45, 7) is 3.27. The Morgan fingerprint density at radius 1 is 1.67 bits per heavy atom. The van der Waals surface area contributed by atoms with Gasteiger partial charge in [-0.2, -0.15) is 0 Å². The third-order valence-corrected chi connectivity index (χ3v) is 3.33. The van der Waals surface area contributed by atoms with Gasteiger partial charge in [-0.1, -0.05) is 0 Å². The molecule has 1 aliphatic heterocycles. The number of aryl methyl sites for hydroxylation is 1. The first-order valence-corrected chi connectivity index (χ1v) is 6.14. The highest BCUT2D eigenvalue weighted by atomic mass is 16.5. The number of carbonyl (C=O) groups excluding carboxylic acids is 1. The van der Waals surface area contributed by atoms with E-state index in [4.69, 9.17) is 4.74 Å². The Labute approximate surface area is 107 Å². The van der Waals surface area contributed by atoms with Crippen LogP contribution in [0.2, 0.25) is 0 Å². The SMILES string of the molecule is COC1CNC(C(=O)NCc2ccncc2C)C1. The number of nitrogens with zero attached hydrogens (tertiary/aromatic N) is 1. The maximum Gasteiger partial charge on any atom is 0.237 e. The quantitative estimate of drug-likeness (QED) is 0.810. The van der Waals surface area contributed by atoms with Crippen molar-refractivity contribution in [2.45, 2.75) is 32.0 Å². The Kier molecular flexibility index (Phi) is 4.28. The van der Waals surface area contributed by atoms with Crippen molar-refractivity contribution in [3.63, 3.8) is 0 Å². The third kappa shape index (κ3) is 3.05. The molecule has 1 aromatic heterocycles. The molecule has 5 heteroatoms. The summed E-state index contributed by atoms with van der Waals surface area (Å²) in [7, 11) is 1.67. The van der Waals surface area contributed by atoms with Gasteiger partial charge in [-0.15, -0.1) is 0 Å². The van der Waals surface area contributed by atoms with Crippen LogP contribution in [0.1, 0.15) is 17.5 Å². The van der Waals surface area contributed by atoms with Crippen LogP contribution in [0, 0.1) is 6.92 Å². The fourth-order valence-electron chi connectivity index (χ4n) is 2.09. The van der Waals surface area contributed by atoms with E-state index in [0.717, 1.165) is 24.1 Å². The molecule has 1 saturated heterocycles. The molecule has 1 amide bonds. The van der Waals surface area contributed by atoms with Crippen molar-refractivity contribution >= 4 is 5.91 Å². The minimum absolute atomic E-state index is 0.0331. The summed E-state index contributed by atoms with van der Waals surface area (Å²) in [5.41, 5.74) is 2.19. The number of ether oxygens (including phenoxy) is 1. The first kappa shape index (κ1) is 13.0. The fourth-order valence-corrected chi connectivity index (χ4v) is 2.09. The normalized spacial score (nSPS) is 23.0. The molecule has 5 nitrogen and oxygen atoms in total. The molecule has 18 heavy (non-hydrogen) atoms. The van der Waals surface area contributed by atoms with E-state index in [2.05, 4.69) is 15.6 Å². The van der Waals surface area contributed by atoms with Crippen LogP contribution in [-0.2, 0) is 16.1 Å². The Balaban J connectivity index is 1.84. The number of rotatable bonds is 4.